The lowest BCUT2D eigenvalue weighted by molar-refractivity contribution is 0.214. The third-order valence-corrected chi connectivity index (χ3v) is 4.84. The molecule has 1 aromatic heterocycles. The molecule has 0 amide bonds. The van der Waals surface area contributed by atoms with E-state index in [4.69, 9.17) is 21.3 Å². The van der Waals surface area contributed by atoms with E-state index in [9.17, 15) is 0 Å². The van der Waals surface area contributed by atoms with Gasteiger partial charge in [-0.3, -0.25) is 0 Å². The predicted octanol–water partition coefficient (Wildman–Crippen LogP) is 3.18. The summed E-state index contributed by atoms with van der Waals surface area (Å²) in [5.41, 5.74) is 0. The van der Waals surface area contributed by atoms with Gasteiger partial charge < -0.3 is 19.5 Å². The van der Waals surface area contributed by atoms with Crippen molar-refractivity contribution in [3.05, 3.63) is 53.6 Å². The van der Waals surface area contributed by atoms with Gasteiger partial charge >= 0.3 is 0 Å². The molecule has 0 aliphatic carbocycles. The Balaban J connectivity index is 0.00000280. The minimum Gasteiger partial charge on any atom is -0.487 e. The van der Waals surface area contributed by atoms with E-state index in [2.05, 4.69) is 27.0 Å². The second kappa shape index (κ2) is 10.7. The topological polar surface area (TPSA) is 67.6 Å². The second-order valence-electron chi connectivity index (χ2n) is 6.44. The highest BCUT2D eigenvalue weighted by atomic mass is 127. The molecule has 0 saturated carbocycles. The van der Waals surface area contributed by atoms with Crippen LogP contribution in [0.15, 0.2) is 41.9 Å². The first-order valence-corrected chi connectivity index (χ1v) is 9.36. The number of benzene rings is 1. The van der Waals surface area contributed by atoms with Crippen LogP contribution in [0.1, 0.15) is 18.1 Å². The Bertz CT molecular complexity index is 825. The summed E-state index contributed by atoms with van der Waals surface area (Å²) in [6.07, 6.45) is 2.79. The maximum Gasteiger partial charge on any atom is 0.194 e. The van der Waals surface area contributed by atoms with Crippen LogP contribution in [0.4, 0.5) is 0 Å². The molecule has 152 valence electrons. The molecule has 0 bridgehead atoms. The Morgan fingerprint density at radius 1 is 1.43 bits per heavy atom. The number of nitrogens with zero attached hydrogens (tertiary/aromatic N) is 5. The van der Waals surface area contributed by atoms with E-state index in [1.807, 2.05) is 48.9 Å². The van der Waals surface area contributed by atoms with Gasteiger partial charge in [0.15, 0.2) is 11.8 Å². The van der Waals surface area contributed by atoms with Crippen LogP contribution in [0, 0.1) is 6.92 Å². The summed E-state index contributed by atoms with van der Waals surface area (Å²) in [5, 5.41) is 12.2. The number of ether oxygens (including phenoxy) is 1. The van der Waals surface area contributed by atoms with Crippen molar-refractivity contribution in [3.8, 4) is 5.75 Å². The fourth-order valence-corrected chi connectivity index (χ4v) is 3.08. The first-order valence-electron chi connectivity index (χ1n) is 8.98. The Hall–Kier alpha value is -1.81. The number of aromatic nitrogens is 3. The van der Waals surface area contributed by atoms with E-state index >= 15 is 0 Å². The zero-order chi connectivity index (χ0) is 19.2. The van der Waals surface area contributed by atoms with Gasteiger partial charge in [0.25, 0.3) is 0 Å². The number of hydrogen-bond acceptors (Lipinski definition) is 4. The van der Waals surface area contributed by atoms with Gasteiger partial charge in [0, 0.05) is 26.6 Å². The summed E-state index contributed by atoms with van der Waals surface area (Å²) in [5.74, 6) is 3.24. The van der Waals surface area contributed by atoms with Crippen LogP contribution in [-0.2, 0) is 13.6 Å². The van der Waals surface area contributed by atoms with Crippen LogP contribution in [-0.4, -0.2) is 51.4 Å². The highest BCUT2D eigenvalue weighted by Gasteiger charge is 2.27. The number of guanidine groups is 1. The molecule has 1 aromatic carbocycles. The third kappa shape index (κ3) is 5.60. The molecule has 9 heteroatoms. The summed E-state index contributed by atoms with van der Waals surface area (Å²) in [7, 11) is 1.94. The molecule has 3 rings (SSSR count). The van der Waals surface area contributed by atoms with Crippen LogP contribution in [0.5, 0.6) is 5.75 Å². The molecule has 1 aliphatic heterocycles. The molecule has 1 atom stereocenters. The van der Waals surface area contributed by atoms with E-state index in [1.54, 1.807) is 0 Å². The van der Waals surface area contributed by atoms with Crippen LogP contribution in [0.2, 0.25) is 5.02 Å². The number of likely N-dealkylation sites (tertiary alicyclic amines) is 1. The molecule has 2 heterocycles. The Morgan fingerprint density at radius 2 is 2.21 bits per heavy atom. The normalized spacial score (nSPS) is 16.6. The molecule has 1 unspecified atom stereocenters. The van der Waals surface area contributed by atoms with Crippen molar-refractivity contribution in [2.24, 2.45) is 12.0 Å². The number of rotatable bonds is 6. The van der Waals surface area contributed by atoms with Crippen molar-refractivity contribution >= 4 is 41.5 Å². The van der Waals surface area contributed by atoms with Crippen LogP contribution in [0.3, 0.4) is 0 Å². The van der Waals surface area contributed by atoms with Crippen molar-refractivity contribution in [2.45, 2.75) is 26.0 Å². The number of nitrogens with one attached hydrogen (secondary N) is 1. The summed E-state index contributed by atoms with van der Waals surface area (Å²) < 4.78 is 8.02. The predicted molar refractivity (Wildman–Crippen MR) is 123 cm³/mol. The van der Waals surface area contributed by atoms with Gasteiger partial charge in [0.1, 0.15) is 24.2 Å². The van der Waals surface area contributed by atoms with E-state index in [-0.39, 0.29) is 30.1 Å². The van der Waals surface area contributed by atoms with Crippen molar-refractivity contribution < 1.29 is 4.74 Å². The first kappa shape index (κ1) is 22.5. The van der Waals surface area contributed by atoms with Crippen LogP contribution < -0.4 is 10.1 Å². The maximum atomic E-state index is 6.20. The van der Waals surface area contributed by atoms with E-state index < -0.39 is 0 Å². The molecule has 1 saturated heterocycles. The van der Waals surface area contributed by atoms with Crippen molar-refractivity contribution in [2.75, 3.05) is 19.6 Å². The fourth-order valence-electron chi connectivity index (χ4n) is 2.90. The highest BCUT2D eigenvalue weighted by Crippen LogP contribution is 2.26. The van der Waals surface area contributed by atoms with Gasteiger partial charge in [-0.25, -0.2) is 4.99 Å². The number of para-hydroxylation sites is 1. The summed E-state index contributed by atoms with van der Waals surface area (Å²) in [4.78, 5) is 6.91. The van der Waals surface area contributed by atoms with Crippen molar-refractivity contribution in [1.29, 1.82) is 0 Å². The van der Waals surface area contributed by atoms with Gasteiger partial charge in [-0.15, -0.1) is 40.8 Å². The zero-order valence-electron chi connectivity index (χ0n) is 16.1. The minimum atomic E-state index is 0. The lowest BCUT2D eigenvalue weighted by Gasteiger charge is -2.22. The molecule has 1 aliphatic rings. The molecule has 28 heavy (non-hydrogen) atoms. The van der Waals surface area contributed by atoms with Crippen LogP contribution >= 0.6 is 35.6 Å². The van der Waals surface area contributed by atoms with Gasteiger partial charge in [-0.05, 0) is 19.1 Å². The molecule has 0 spiro atoms. The van der Waals surface area contributed by atoms with Gasteiger partial charge in [-0.2, -0.15) is 0 Å². The lowest BCUT2D eigenvalue weighted by atomic mass is 10.3. The maximum absolute atomic E-state index is 6.20. The average Bonchev–Trinajstić information content (AvgIpc) is 3.25. The number of halogens is 2. The highest BCUT2D eigenvalue weighted by molar-refractivity contribution is 14.0. The molecule has 7 nitrogen and oxygen atoms in total. The van der Waals surface area contributed by atoms with E-state index in [1.165, 1.54) is 0 Å². The van der Waals surface area contributed by atoms with Gasteiger partial charge in [-0.1, -0.05) is 29.8 Å². The molecule has 0 radical (unpaired) electrons. The Labute approximate surface area is 187 Å². The monoisotopic (exact) mass is 516 g/mol. The molecular weight excluding hydrogens is 491 g/mol. The van der Waals surface area contributed by atoms with Crippen molar-refractivity contribution in [3.63, 3.8) is 0 Å². The Morgan fingerprint density at radius 3 is 2.89 bits per heavy atom. The smallest absolute Gasteiger partial charge is 0.194 e. The quantitative estimate of drug-likeness (QED) is 0.276. The van der Waals surface area contributed by atoms with E-state index in [0.717, 1.165) is 42.9 Å². The van der Waals surface area contributed by atoms with Gasteiger partial charge in [0.2, 0.25) is 0 Å². The lowest BCUT2D eigenvalue weighted by Crippen LogP contribution is -2.41. The molecular formula is C19H26ClIN6O. The van der Waals surface area contributed by atoms with Gasteiger partial charge in [0.05, 0.1) is 11.6 Å². The zero-order valence-corrected chi connectivity index (χ0v) is 19.2. The summed E-state index contributed by atoms with van der Waals surface area (Å²) >= 11 is 6.20. The largest absolute Gasteiger partial charge is 0.487 e. The number of aliphatic imine (C=N–C) groups is 1. The third-order valence-electron chi connectivity index (χ3n) is 4.53. The SMILES string of the molecule is C=CCNC(=NCc1nnc(C)n1C)N1CCC(Oc2ccccc2Cl)C1.I. The molecule has 1 fully saturated rings. The first-order chi connectivity index (χ1) is 13.1. The summed E-state index contributed by atoms with van der Waals surface area (Å²) in [6, 6.07) is 7.56. The number of aryl methyl sites for hydroxylation is 1. The fraction of sp³-hybridized carbons (Fsp3) is 0.421. The minimum absolute atomic E-state index is 0. The molecule has 2 aromatic rings. The van der Waals surface area contributed by atoms with Crippen LogP contribution in [0.25, 0.3) is 0 Å². The molecule has 1 N–H and O–H groups in total. The number of hydrogen-bond donors (Lipinski definition) is 1. The summed E-state index contributed by atoms with van der Waals surface area (Å²) in [6.45, 7) is 8.40. The average molecular weight is 517 g/mol. The second-order valence-corrected chi connectivity index (χ2v) is 6.84. The standard InChI is InChI=1S/C19H25ClN6O.HI/c1-4-10-21-19(22-12-18-24-23-14(2)25(18)3)26-11-9-15(13-26)27-17-8-6-5-7-16(17)20;/h4-8,15H,1,9-13H2,2-3H3,(H,21,22);1H. The Kier molecular flexibility index (Phi) is 8.56. The van der Waals surface area contributed by atoms with E-state index in [0.29, 0.717) is 18.1 Å². The van der Waals surface area contributed by atoms with Crippen molar-refractivity contribution in [1.82, 2.24) is 25.0 Å².